The van der Waals surface area contributed by atoms with Gasteiger partial charge in [0.1, 0.15) is 5.15 Å². The first-order valence-corrected chi connectivity index (χ1v) is 7.48. The predicted molar refractivity (Wildman–Crippen MR) is 79.3 cm³/mol. The minimum atomic E-state index is 0.216. The number of hydrogen-bond acceptors (Lipinski definition) is 3. The summed E-state index contributed by atoms with van der Waals surface area (Å²) in [5.74, 6) is 0.807. The molecule has 2 heterocycles. The van der Waals surface area contributed by atoms with E-state index >= 15 is 0 Å². The zero-order chi connectivity index (χ0) is 14.8. The van der Waals surface area contributed by atoms with Gasteiger partial charge in [0.15, 0.2) is 0 Å². The maximum atomic E-state index is 12.2. The quantitative estimate of drug-likeness (QED) is 0.841. The van der Waals surface area contributed by atoms with Crippen molar-refractivity contribution < 1.29 is 4.79 Å². The summed E-state index contributed by atoms with van der Waals surface area (Å²) >= 11 is 5.72. The summed E-state index contributed by atoms with van der Waals surface area (Å²) in [6.45, 7) is 8.08. The average Bonchev–Trinajstić information content (AvgIpc) is 2.55. The van der Waals surface area contributed by atoms with Crippen molar-refractivity contribution in [1.82, 2.24) is 14.9 Å². The van der Waals surface area contributed by atoms with Gasteiger partial charge in [0.2, 0.25) is 5.91 Å². The Balaban J connectivity index is 2.02. The second-order valence-electron chi connectivity index (χ2n) is 6.54. The summed E-state index contributed by atoms with van der Waals surface area (Å²) in [5, 5.41) is 0.378. The molecule has 0 bridgehead atoms. The van der Waals surface area contributed by atoms with Crippen molar-refractivity contribution in [3.8, 4) is 0 Å². The highest BCUT2D eigenvalue weighted by Gasteiger charge is 2.29. The molecule has 0 aromatic carbocycles. The van der Waals surface area contributed by atoms with Gasteiger partial charge in [0.05, 0.1) is 24.6 Å². The number of aromatic nitrogens is 2. The normalized spacial score (nSPS) is 20.9. The zero-order valence-electron chi connectivity index (χ0n) is 12.4. The third kappa shape index (κ3) is 3.92. The van der Waals surface area contributed by atoms with Crippen molar-refractivity contribution in [2.75, 3.05) is 6.54 Å². The molecule has 0 aliphatic carbocycles. The van der Waals surface area contributed by atoms with Crippen LogP contribution in [0.2, 0.25) is 5.15 Å². The summed E-state index contributed by atoms with van der Waals surface area (Å²) < 4.78 is 0. The van der Waals surface area contributed by atoms with Crippen molar-refractivity contribution in [3.63, 3.8) is 0 Å². The van der Waals surface area contributed by atoms with Gasteiger partial charge in [-0.25, -0.2) is 4.98 Å². The van der Waals surface area contributed by atoms with E-state index in [1.807, 2.05) is 4.90 Å². The number of rotatable bonds is 2. The van der Waals surface area contributed by atoms with Crippen molar-refractivity contribution in [1.29, 1.82) is 0 Å². The largest absolute Gasteiger partial charge is 0.337 e. The van der Waals surface area contributed by atoms with Gasteiger partial charge in [-0.15, -0.1) is 0 Å². The molecule has 4 nitrogen and oxygen atoms in total. The van der Waals surface area contributed by atoms with Gasteiger partial charge in [-0.3, -0.25) is 9.78 Å². The number of carbonyl (C=O) groups is 1. The lowest BCUT2D eigenvalue weighted by Crippen LogP contribution is -2.30. The first-order chi connectivity index (χ1) is 9.36. The molecule has 2 rings (SSSR count). The summed E-state index contributed by atoms with van der Waals surface area (Å²) in [6.07, 6.45) is 5.82. The van der Waals surface area contributed by atoms with Crippen LogP contribution in [0.15, 0.2) is 12.4 Å². The van der Waals surface area contributed by atoms with Crippen LogP contribution in [0.25, 0.3) is 0 Å². The van der Waals surface area contributed by atoms with Gasteiger partial charge in [-0.05, 0) is 24.2 Å². The van der Waals surface area contributed by atoms with Crippen LogP contribution in [-0.2, 0) is 11.3 Å². The number of likely N-dealkylation sites (tertiary alicyclic amines) is 1. The number of carbonyl (C=O) groups excluding carboxylic acids is 1. The molecule has 1 saturated heterocycles. The molecule has 1 aromatic heterocycles. The SMILES string of the molecule is CC(C)(C)C1CCC(=O)N(Cc2cnc(Cl)cn2)CC1. The maximum Gasteiger partial charge on any atom is 0.222 e. The fraction of sp³-hybridized carbons (Fsp3) is 0.667. The molecule has 110 valence electrons. The molecule has 1 atom stereocenters. The number of nitrogens with zero attached hydrogens (tertiary/aromatic N) is 3. The van der Waals surface area contributed by atoms with E-state index in [-0.39, 0.29) is 11.3 Å². The predicted octanol–water partition coefficient (Wildman–Crippen LogP) is 3.30. The first kappa shape index (κ1) is 15.2. The van der Waals surface area contributed by atoms with E-state index in [1.54, 1.807) is 6.20 Å². The van der Waals surface area contributed by atoms with Gasteiger partial charge < -0.3 is 4.90 Å². The average molecular weight is 296 g/mol. The van der Waals surface area contributed by atoms with Crippen LogP contribution in [0.5, 0.6) is 0 Å². The van der Waals surface area contributed by atoms with Gasteiger partial charge in [-0.1, -0.05) is 32.4 Å². The maximum absolute atomic E-state index is 12.2. The molecule has 20 heavy (non-hydrogen) atoms. The van der Waals surface area contributed by atoms with Crippen LogP contribution < -0.4 is 0 Å². The Morgan fingerprint density at radius 3 is 2.65 bits per heavy atom. The number of halogens is 1. The lowest BCUT2D eigenvalue weighted by molar-refractivity contribution is -0.131. The molecule has 1 aliphatic heterocycles. The minimum Gasteiger partial charge on any atom is -0.337 e. The van der Waals surface area contributed by atoms with Crippen molar-refractivity contribution in [2.45, 2.75) is 46.6 Å². The molecular weight excluding hydrogens is 274 g/mol. The summed E-state index contributed by atoms with van der Waals surface area (Å²) in [7, 11) is 0. The third-order valence-electron chi connectivity index (χ3n) is 4.06. The van der Waals surface area contributed by atoms with E-state index in [0.717, 1.165) is 25.1 Å². The van der Waals surface area contributed by atoms with Gasteiger partial charge in [-0.2, -0.15) is 0 Å². The van der Waals surface area contributed by atoms with Gasteiger partial charge in [0.25, 0.3) is 0 Å². The Morgan fingerprint density at radius 2 is 2.05 bits per heavy atom. The fourth-order valence-electron chi connectivity index (χ4n) is 2.69. The van der Waals surface area contributed by atoms with Crippen molar-refractivity contribution in [3.05, 3.63) is 23.2 Å². The Bertz CT molecular complexity index is 467. The molecule has 0 radical (unpaired) electrons. The number of amides is 1. The Hall–Kier alpha value is -1.16. The van der Waals surface area contributed by atoms with Crippen LogP contribution in [0.4, 0.5) is 0 Å². The number of hydrogen-bond donors (Lipinski definition) is 0. The van der Waals surface area contributed by atoms with Crippen LogP contribution in [0.1, 0.15) is 45.7 Å². The molecule has 0 N–H and O–H groups in total. The molecular formula is C15H22ClN3O. The highest BCUT2D eigenvalue weighted by atomic mass is 35.5. The second kappa shape index (κ2) is 6.08. The molecule has 0 spiro atoms. The smallest absolute Gasteiger partial charge is 0.222 e. The fourth-order valence-corrected chi connectivity index (χ4v) is 2.78. The van der Waals surface area contributed by atoms with Crippen LogP contribution in [0.3, 0.4) is 0 Å². The molecule has 1 amide bonds. The van der Waals surface area contributed by atoms with E-state index in [9.17, 15) is 4.79 Å². The van der Waals surface area contributed by atoms with Crippen molar-refractivity contribution >= 4 is 17.5 Å². The lowest BCUT2D eigenvalue weighted by atomic mass is 9.77. The highest BCUT2D eigenvalue weighted by molar-refractivity contribution is 6.29. The Labute approximate surface area is 125 Å². The molecule has 0 saturated carbocycles. The van der Waals surface area contributed by atoms with E-state index in [2.05, 4.69) is 30.7 Å². The van der Waals surface area contributed by atoms with Crippen molar-refractivity contribution in [2.24, 2.45) is 11.3 Å². The van der Waals surface area contributed by atoms with Crippen LogP contribution in [-0.4, -0.2) is 27.3 Å². The van der Waals surface area contributed by atoms with E-state index in [1.165, 1.54) is 6.20 Å². The third-order valence-corrected chi connectivity index (χ3v) is 4.25. The van der Waals surface area contributed by atoms with Crippen LogP contribution >= 0.6 is 11.6 Å². The summed E-state index contributed by atoms with van der Waals surface area (Å²) in [6, 6.07) is 0. The van der Waals surface area contributed by atoms with Gasteiger partial charge in [0, 0.05) is 13.0 Å². The summed E-state index contributed by atoms with van der Waals surface area (Å²) in [4.78, 5) is 22.3. The Kier molecular flexibility index (Phi) is 4.63. The first-order valence-electron chi connectivity index (χ1n) is 7.10. The van der Waals surface area contributed by atoms with E-state index < -0.39 is 0 Å². The standard InChI is InChI=1S/C15H22ClN3O/c1-15(2,3)11-4-5-14(20)19(7-6-11)10-12-8-18-13(16)9-17-12/h8-9,11H,4-7,10H2,1-3H3. The molecule has 5 heteroatoms. The van der Waals surface area contributed by atoms with E-state index in [0.29, 0.717) is 24.0 Å². The van der Waals surface area contributed by atoms with E-state index in [4.69, 9.17) is 11.6 Å². The molecule has 1 fully saturated rings. The lowest BCUT2D eigenvalue weighted by Gasteiger charge is -2.29. The molecule has 1 unspecified atom stereocenters. The minimum absolute atomic E-state index is 0.216. The highest BCUT2D eigenvalue weighted by Crippen LogP contribution is 2.34. The Morgan fingerprint density at radius 1 is 1.30 bits per heavy atom. The summed E-state index contributed by atoms with van der Waals surface area (Å²) in [5.41, 5.74) is 1.05. The monoisotopic (exact) mass is 295 g/mol. The second-order valence-corrected chi connectivity index (χ2v) is 6.92. The topological polar surface area (TPSA) is 46.1 Å². The molecule has 1 aliphatic rings. The molecule has 1 aromatic rings. The zero-order valence-corrected chi connectivity index (χ0v) is 13.2. The van der Waals surface area contributed by atoms with Gasteiger partial charge >= 0.3 is 0 Å². The van der Waals surface area contributed by atoms with Crippen LogP contribution in [0, 0.1) is 11.3 Å².